The van der Waals surface area contributed by atoms with Gasteiger partial charge in [-0.3, -0.25) is 9.36 Å². The fourth-order valence-electron chi connectivity index (χ4n) is 5.77. The fourth-order valence-corrected chi connectivity index (χ4v) is 5.77. The number of aromatic carboxylic acids is 1. The number of fused-ring (bicyclic) bond motifs is 2. The summed E-state index contributed by atoms with van der Waals surface area (Å²) in [5, 5.41) is 13.6. The first kappa shape index (κ1) is 24.2. The molecule has 1 fully saturated rings. The molecule has 194 valence electrons. The lowest BCUT2D eigenvalue weighted by Crippen LogP contribution is -2.43. The Labute approximate surface area is 220 Å². The number of aryl methyl sites for hydroxylation is 1. The summed E-state index contributed by atoms with van der Waals surface area (Å²) in [6, 6.07) is 18.9. The average Bonchev–Trinajstić information content (AvgIpc) is 3.31. The largest absolute Gasteiger partial charge is 0.478 e. The fraction of sp³-hybridized carbons (Fsp3) is 0.300. The number of para-hydroxylation sites is 1. The van der Waals surface area contributed by atoms with E-state index in [1.807, 2.05) is 42.7 Å². The van der Waals surface area contributed by atoms with E-state index < -0.39 is 5.97 Å². The number of carbonyl (C=O) groups is 1. The van der Waals surface area contributed by atoms with Crippen molar-refractivity contribution in [2.75, 3.05) is 10.2 Å². The lowest BCUT2D eigenvalue weighted by molar-refractivity contribution is 0.0698. The topological polar surface area (TPSA) is 113 Å². The molecule has 1 unspecified atom stereocenters. The first-order chi connectivity index (χ1) is 18.3. The van der Waals surface area contributed by atoms with E-state index in [0.29, 0.717) is 35.6 Å². The summed E-state index contributed by atoms with van der Waals surface area (Å²) in [6.45, 7) is 5.31. The van der Waals surface area contributed by atoms with Crippen LogP contribution < -0.4 is 21.5 Å². The third-order valence-electron chi connectivity index (χ3n) is 7.79. The molecule has 4 N–H and O–H groups in total. The van der Waals surface area contributed by atoms with Gasteiger partial charge >= 0.3 is 5.97 Å². The summed E-state index contributed by atoms with van der Waals surface area (Å²) in [5.74, 6) is -0.330. The van der Waals surface area contributed by atoms with Gasteiger partial charge in [-0.1, -0.05) is 42.5 Å². The van der Waals surface area contributed by atoms with E-state index in [1.165, 1.54) is 11.1 Å². The number of anilines is 2. The molecule has 2 aliphatic rings. The average molecular weight is 510 g/mol. The van der Waals surface area contributed by atoms with Crippen molar-refractivity contribution < 1.29 is 9.90 Å². The van der Waals surface area contributed by atoms with Crippen molar-refractivity contribution in [3.05, 3.63) is 98.8 Å². The summed E-state index contributed by atoms with van der Waals surface area (Å²) in [5.41, 5.74) is 11.7. The number of aromatic nitrogens is 2. The third-order valence-corrected chi connectivity index (χ3v) is 7.79. The molecule has 0 radical (unpaired) electrons. The molecule has 8 heteroatoms. The first-order valence-corrected chi connectivity index (χ1v) is 13.0. The van der Waals surface area contributed by atoms with Crippen molar-refractivity contribution in [3.8, 4) is 0 Å². The van der Waals surface area contributed by atoms with Gasteiger partial charge in [0, 0.05) is 36.4 Å². The first-order valence-electron chi connectivity index (χ1n) is 13.0. The Morgan fingerprint density at radius 3 is 2.39 bits per heavy atom. The number of nitrogens with zero attached hydrogens (tertiary/aromatic N) is 3. The number of hydrogen-bond acceptors (Lipinski definition) is 6. The van der Waals surface area contributed by atoms with Crippen molar-refractivity contribution >= 4 is 28.5 Å². The summed E-state index contributed by atoms with van der Waals surface area (Å²) < 4.78 is 1.86. The summed E-state index contributed by atoms with van der Waals surface area (Å²) in [7, 11) is 0. The molecule has 6 rings (SSSR count). The van der Waals surface area contributed by atoms with Gasteiger partial charge in [0.15, 0.2) is 0 Å². The van der Waals surface area contributed by atoms with Gasteiger partial charge in [0.2, 0.25) is 5.95 Å². The highest BCUT2D eigenvalue weighted by molar-refractivity contribution is 5.94. The predicted octanol–water partition coefficient (Wildman–Crippen LogP) is 4.76. The minimum atomic E-state index is -0.995. The van der Waals surface area contributed by atoms with Crippen LogP contribution in [0.15, 0.2) is 65.5 Å². The Morgan fingerprint density at radius 1 is 1.08 bits per heavy atom. The molecule has 0 bridgehead atoms. The molecule has 1 aliphatic heterocycles. The number of carboxylic acid groups (broad SMARTS) is 1. The number of hydrogen-bond donors (Lipinski definition) is 3. The van der Waals surface area contributed by atoms with Gasteiger partial charge in [-0.05, 0) is 61.6 Å². The number of benzene rings is 3. The van der Waals surface area contributed by atoms with Crippen LogP contribution in [0.5, 0.6) is 0 Å². The van der Waals surface area contributed by atoms with Crippen LogP contribution in [0.4, 0.5) is 11.6 Å². The van der Waals surface area contributed by atoms with E-state index in [9.17, 15) is 14.7 Å². The van der Waals surface area contributed by atoms with Crippen LogP contribution in [0.1, 0.15) is 64.5 Å². The van der Waals surface area contributed by atoms with Crippen LogP contribution in [-0.4, -0.2) is 26.7 Å². The monoisotopic (exact) mass is 509 g/mol. The normalized spacial score (nSPS) is 19.2. The number of nitrogens with one attached hydrogen (secondary N) is 1. The maximum Gasteiger partial charge on any atom is 0.337 e. The van der Waals surface area contributed by atoms with Crippen molar-refractivity contribution in [2.45, 2.75) is 57.9 Å². The molecular weight excluding hydrogens is 478 g/mol. The van der Waals surface area contributed by atoms with E-state index in [2.05, 4.69) is 22.3 Å². The zero-order valence-electron chi connectivity index (χ0n) is 21.5. The predicted molar refractivity (Wildman–Crippen MR) is 149 cm³/mol. The Balaban J connectivity index is 1.49. The molecule has 38 heavy (non-hydrogen) atoms. The Bertz CT molecular complexity index is 1600. The Kier molecular flexibility index (Phi) is 5.91. The van der Waals surface area contributed by atoms with Crippen molar-refractivity contribution in [2.24, 2.45) is 5.73 Å². The van der Waals surface area contributed by atoms with E-state index in [1.54, 1.807) is 24.3 Å². The molecule has 2 heterocycles. The molecule has 1 aromatic heterocycles. The highest BCUT2D eigenvalue weighted by atomic mass is 16.4. The van der Waals surface area contributed by atoms with Crippen LogP contribution >= 0.6 is 0 Å². The second kappa shape index (κ2) is 9.29. The lowest BCUT2D eigenvalue weighted by atomic mass is 9.87. The maximum absolute atomic E-state index is 14.1. The maximum atomic E-state index is 14.1. The van der Waals surface area contributed by atoms with Crippen LogP contribution in [0.2, 0.25) is 0 Å². The highest BCUT2D eigenvalue weighted by Crippen LogP contribution is 2.37. The zero-order chi connectivity index (χ0) is 26.6. The number of nitrogens with two attached hydrogens (primary N) is 1. The van der Waals surface area contributed by atoms with Crippen LogP contribution in [0.25, 0.3) is 10.9 Å². The molecule has 8 nitrogen and oxygen atoms in total. The Morgan fingerprint density at radius 2 is 1.74 bits per heavy atom. The van der Waals surface area contributed by atoms with Crippen LogP contribution in [0, 0.1) is 6.92 Å². The second-order valence-electron chi connectivity index (χ2n) is 10.6. The number of carboxylic acids is 1. The molecule has 0 amide bonds. The SMILES string of the molecule is Cc1cc(C(C)Nc2ccccc2C(=O)O)c2nc(N3Cc4ccccc4C3)n(C3CC(N)C3)c(=O)c2c1. The molecular formula is C30H31N5O3. The van der Waals surface area contributed by atoms with Crippen molar-refractivity contribution in [3.63, 3.8) is 0 Å². The van der Waals surface area contributed by atoms with Gasteiger partial charge in [0.05, 0.1) is 22.5 Å². The smallest absolute Gasteiger partial charge is 0.337 e. The molecule has 0 saturated heterocycles. The van der Waals surface area contributed by atoms with Crippen LogP contribution in [0.3, 0.4) is 0 Å². The molecule has 3 aromatic carbocycles. The van der Waals surface area contributed by atoms with E-state index in [4.69, 9.17) is 10.7 Å². The summed E-state index contributed by atoms with van der Waals surface area (Å²) in [6.07, 6.45) is 1.51. The lowest BCUT2D eigenvalue weighted by Gasteiger charge is -2.36. The summed E-state index contributed by atoms with van der Waals surface area (Å²) in [4.78, 5) is 33.2. The minimum absolute atomic E-state index is 0.0232. The van der Waals surface area contributed by atoms with Gasteiger partial charge in [-0.25, -0.2) is 9.78 Å². The molecule has 4 aromatic rings. The number of rotatable bonds is 6. The van der Waals surface area contributed by atoms with Crippen LogP contribution in [-0.2, 0) is 13.1 Å². The van der Waals surface area contributed by atoms with Gasteiger partial charge in [-0.15, -0.1) is 0 Å². The van der Waals surface area contributed by atoms with E-state index >= 15 is 0 Å². The molecule has 1 saturated carbocycles. The molecule has 1 atom stereocenters. The van der Waals surface area contributed by atoms with Gasteiger partial charge in [0.25, 0.3) is 5.56 Å². The molecule has 1 aliphatic carbocycles. The van der Waals surface area contributed by atoms with Gasteiger partial charge < -0.3 is 21.1 Å². The van der Waals surface area contributed by atoms with Gasteiger partial charge in [0.1, 0.15) is 0 Å². The highest BCUT2D eigenvalue weighted by Gasteiger charge is 2.34. The standard InChI is InChI=1S/C30H31N5O3/c1-17-11-24(18(2)32-26-10-6-5-9-23(26)29(37)38)27-25(12-17)28(36)35(22-13-21(31)14-22)30(33-27)34-15-19-7-3-4-8-20(19)16-34/h3-12,18,21-22,32H,13-16,31H2,1-2H3,(H,37,38). The van der Waals surface area contributed by atoms with E-state index in [-0.39, 0.29) is 29.2 Å². The van der Waals surface area contributed by atoms with Gasteiger partial charge in [-0.2, -0.15) is 0 Å². The Hall–Kier alpha value is -4.17. The van der Waals surface area contributed by atoms with Crippen molar-refractivity contribution in [1.29, 1.82) is 0 Å². The van der Waals surface area contributed by atoms with Crippen molar-refractivity contribution in [1.82, 2.24) is 9.55 Å². The third kappa shape index (κ3) is 4.11. The zero-order valence-corrected chi connectivity index (χ0v) is 21.5. The second-order valence-corrected chi connectivity index (χ2v) is 10.6. The van der Waals surface area contributed by atoms with E-state index in [0.717, 1.165) is 24.0 Å². The molecule has 0 spiro atoms. The quantitative estimate of drug-likeness (QED) is 0.343. The summed E-state index contributed by atoms with van der Waals surface area (Å²) >= 11 is 0. The minimum Gasteiger partial charge on any atom is -0.478 e.